The van der Waals surface area contributed by atoms with Gasteiger partial charge in [0.05, 0.1) is 18.2 Å². The van der Waals surface area contributed by atoms with Gasteiger partial charge in [-0.3, -0.25) is 0 Å². The monoisotopic (exact) mass is 1130 g/mol. The molecule has 10 aromatic rings. The molecule has 3 heterocycles. The molecule has 0 fully saturated rings. The fraction of sp³-hybridized carbons (Fsp3) is 0.300. The molecule has 0 radical (unpaired) electrons. The Balaban J connectivity index is 1.19. The second-order valence-corrected chi connectivity index (χ2v) is 30.6. The lowest BCUT2D eigenvalue weighted by atomic mass is 9.33. The Morgan fingerprint density at radius 3 is 0.895 bits per heavy atom. The maximum absolute atomic E-state index is 6.09. The number of benzene rings is 9. The molecule has 9 aromatic carbocycles. The Kier molecular flexibility index (Phi) is 14.0. The number of nitrogens with zero attached hydrogens (tertiary/aromatic N) is 4. The van der Waals surface area contributed by atoms with Crippen molar-refractivity contribution in [3.05, 3.63) is 234 Å². The van der Waals surface area contributed by atoms with E-state index in [-0.39, 0.29) is 39.2 Å². The number of fused-ring (bicyclic) bond motifs is 5. The summed E-state index contributed by atoms with van der Waals surface area (Å²) in [5, 5.41) is 2.15. The average Bonchev–Trinajstić information content (AvgIpc) is 0.793. The maximum atomic E-state index is 6.09. The fourth-order valence-corrected chi connectivity index (χ4v) is 12.8. The molecule has 86 heavy (non-hydrogen) atoms. The molecule has 0 bridgehead atoms. The van der Waals surface area contributed by atoms with Gasteiger partial charge in [-0.25, -0.2) is 0 Å². The van der Waals surface area contributed by atoms with Crippen molar-refractivity contribution >= 4 is 102 Å². The quantitative estimate of drug-likeness (QED) is 0.141. The standard InChI is InChI=1S/C80H87BN4O/c1-75(2,3)54-19-31-60(32-20-54)82(61-33-21-55(22-34-61)76(4,5)6)66-43-44-68-71(47-66)85(65-41-29-59(30-42-65)80(16,17)18)73-49-67(83(62-35-23-56(24-36-62)77(7,8)9)63-37-25-57(26-38-63)78(10,11)12)48-72-74(73)81(68)69-45-52-50-86-51-53(52)46-70(69)84(72)64-39-27-58(28-40-64)79(13,14)15/h19-51H,1-18H3. The molecule has 6 heteroatoms. The molecule has 2 aliphatic rings. The highest BCUT2D eigenvalue weighted by Gasteiger charge is 2.45. The largest absolute Gasteiger partial charge is 0.471 e. The number of anilines is 12. The average molecular weight is 1130 g/mol. The van der Waals surface area contributed by atoms with E-state index in [0.29, 0.717) is 0 Å². The third-order valence-corrected chi connectivity index (χ3v) is 18.1. The molecule has 5 nitrogen and oxygen atoms in total. The molecule has 0 N–H and O–H groups in total. The van der Waals surface area contributed by atoms with Gasteiger partial charge in [-0.05, 0) is 185 Å². The van der Waals surface area contributed by atoms with E-state index in [1.807, 2.05) is 12.5 Å². The fourth-order valence-electron chi connectivity index (χ4n) is 12.8. The van der Waals surface area contributed by atoms with Gasteiger partial charge < -0.3 is 24.0 Å². The zero-order chi connectivity index (χ0) is 61.2. The lowest BCUT2D eigenvalue weighted by Crippen LogP contribution is -2.61. The Morgan fingerprint density at radius 2 is 0.558 bits per heavy atom. The molecule has 0 saturated carbocycles. The van der Waals surface area contributed by atoms with Crippen molar-refractivity contribution in [2.75, 3.05) is 19.6 Å². The second-order valence-electron chi connectivity index (χ2n) is 30.6. The van der Waals surface area contributed by atoms with Crippen molar-refractivity contribution in [2.45, 2.75) is 157 Å². The zero-order valence-electron chi connectivity index (χ0n) is 54.3. The Labute approximate surface area is 514 Å². The molecule has 0 atom stereocenters. The van der Waals surface area contributed by atoms with Crippen LogP contribution in [0.3, 0.4) is 0 Å². The van der Waals surface area contributed by atoms with E-state index in [2.05, 4.69) is 332 Å². The van der Waals surface area contributed by atoms with Crippen LogP contribution in [0.25, 0.3) is 10.8 Å². The van der Waals surface area contributed by atoms with Gasteiger partial charge in [0.25, 0.3) is 6.71 Å². The Hall–Kier alpha value is -8.22. The molecule has 12 rings (SSSR count). The summed E-state index contributed by atoms with van der Waals surface area (Å²) in [6.07, 6.45) is 3.81. The van der Waals surface area contributed by atoms with Crippen molar-refractivity contribution in [3.63, 3.8) is 0 Å². The van der Waals surface area contributed by atoms with Crippen LogP contribution in [0.4, 0.5) is 68.2 Å². The minimum atomic E-state index is -0.154. The molecule has 0 spiro atoms. The zero-order valence-corrected chi connectivity index (χ0v) is 54.3. The van der Waals surface area contributed by atoms with Gasteiger partial charge in [0.2, 0.25) is 0 Å². The van der Waals surface area contributed by atoms with Gasteiger partial charge in [-0.1, -0.05) is 210 Å². The molecule has 0 aliphatic carbocycles. The van der Waals surface area contributed by atoms with E-state index in [0.717, 1.165) is 79.0 Å². The van der Waals surface area contributed by atoms with Crippen LogP contribution < -0.4 is 36.0 Å². The van der Waals surface area contributed by atoms with Crippen LogP contribution in [0.2, 0.25) is 0 Å². The van der Waals surface area contributed by atoms with Crippen LogP contribution in [0.1, 0.15) is 158 Å². The molecule has 0 saturated heterocycles. The van der Waals surface area contributed by atoms with Gasteiger partial charge in [-0.2, -0.15) is 0 Å². The summed E-state index contributed by atoms with van der Waals surface area (Å²) in [4.78, 5) is 10.1. The van der Waals surface area contributed by atoms with Crippen molar-refractivity contribution < 1.29 is 4.42 Å². The van der Waals surface area contributed by atoms with Crippen LogP contribution in [-0.2, 0) is 32.5 Å². The summed E-state index contributed by atoms with van der Waals surface area (Å²) < 4.78 is 6.09. The van der Waals surface area contributed by atoms with E-state index < -0.39 is 0 Å². The Morgan fingerprint density at radius 1 is 0.279 bits per heavy atom. The Bertz CT molecular complexity index is 4020. The summed E-state index contributed by atoms with van der Waals surface area (Å²) in [5.74, 6) is 0. The SMILES string of the molecule is CC(C)(C)c1ccc(N(c2ccc(C(C)(C)C)cc2)c2ccc3c(c2)N(c2ccc(C(C)(C)C)cc2)c2cc(N(c4ccc(C(C)(C)C)cc4)c4ccc(C(C)(C)C)cc4)cc4c2B3c2cc3cocc3cc2N4c2ccc(C(C)(C)C)cc2)cc1. The number of hydrogen-bond donors (Lipinski definition) is 0. The minimum absolute atomic E-state index is 0.00277. The van der Waals surface area contributed by atoms with Crippen LogP contribution in [0.15, 0.2) is 205 Å². The number of rotatable bonds is 8. The lowest BCUT2D eigenvalue weighted by molar-refractivity contribution is 0.572. The van der Waals surface area contributed by atoms with Crippen molar-refractivity contribution in [1.29, 1.82) is 0 Å². The molecule has 0 amide bonds. The topological polar surface area (TPSA) is 26.1 Å². The van der Waals surface area contributed by atoms with Gasteiger partial charge in [-0.15, -0.1) is 0 Å². The first-order chi connectivity index (χ1) is 40.4. The summed E-state index contributed by atoms with van der Waals surface area (Å²) >= 11 is 0. The predicted octanol–water partition coefficient (Wildman–Crippen LogP) is 21.2. The highest BCUT2D eigenvalue weighted by Crippen LogP contribution is 2.51. The predicted molar refractivity (Wildman–Crippen MR) is 372 cm³/mol. The second kappa shape index (κ2) is 20.7. The molecule has 1 aromatic heterocycles. The summed E-state index contributed by atoms with van der Waals surface area (Å²) in [5.41, 5.74) is 24.6. The first kappa shape index (κ1) is 58.2. The first-order valence-electron chi connectivity index (χ1n) is 31.1. The van der Waals surface area contributed by atoms with E-state index >= 15 is 0 Å². The molecule has 0 unspecified atom stereocenters. The van der Waals surface area contributed by atoms with E-state index in [4.69, 9.17) is 4.42 Å². The summed E-state index contributed by atoms with van der Waals surface area (Å²) in [7, 11) is 0. The number of furan rings is 1. The summed E-state index contributed by atoms with van der Waals surface area (Å²) in [6, 6.07) is 72.7. The lowest BCUT2D eigenvalue weighted by Gasteiger charge is -2.45. The molecule has 436 valence electrons. The van der Waals surface area contributed by atoms with Crippen molar-refractivity contribution in [2.24, 2.45) is 0 Å². The van der Waals surface area contributed by atoms with E-state index in [9.17, 15) is 0 Å². The molecule has 2 aliphatic heterocycles. The minimum Gasteiger partial charge on any atom is -0.471 e. The highest BCUT2D eigenvalue weighted by atomic mass is 16.3. The molecular weight excluding hydrogens is 1040 g/mol. The maximum Gasteiger partial charge on any atom is 0.252 e. The highest BCUT2D eigenvalue weighted by molar-refractivity contribution is 7.00. The number of hydrogen-bond acceptors (Lipinski definition) is 5. The van der Waals surface area contributed by atoms with E-state index in [1.54, 1.807) is 0 Å². The van der Waals surface area contributed by atoms with Crippen LogP contribution in [-0.4, -0.2) is 6.71 Å². The van der Waals surface area contributed by atoms with Gasteiger partial charge in [0.15, 0.2) is 0 Å². The third kappa shape index (κ3) is 10.7. The van der Waals surface area contributed by atoms with Crippen LogP contribution in [0.5, 0.6) is 0 Å². The van der Waals surface area contributed by atoms with Crippen molar-refractivity contribution in [3.8, 4) is 0 Å². The first-order valence-corrected chi connectivity index (χ1v) is 31.1. The third-order valence-electron chi connectivity index (χ3n) is 18.1. The van der Waals surface area contributed by atoms with E-state index in [1.165, 1.54) is 49.8 Å². The summed E-state index contributed by atoms with van der Waals surface area (Å²) in [6.45, 7) is 41.2. The van der Waals surface area contributed by atoms with Crippen LogP contribution in [0, 0.1) is 0 Å². The van der Waals surface area contributed by atoms with Gasteiger partial charge in [0.1, 0.15) is 0 Å². The van der Waals surface area contributed by atoms with Crippen molar-refractivity contribution in [1.82, 2.24) is 0 Å². The normalized spacial score (nSPS) is 13.6. The van der Waals surface area contributed by atoms with Crippen LogP contribution >= 0.6 is 0 Å². The molecular formula is C80H87BN4O. The van der Waals surface area contributed by atoms with Gasteiger partial charge in [0, 0.05) is 73.3 Å². The smallest absolute Gasteiger partial charge is 0.252 e. The van der Waals surface area contributed by atoms with Gasteiger partial charge >= 0.3 is 0 Å².